The summed E-state index contributed by atoms with van der Waals surface area (Å²) in [6.45, 7) is 1.97. The molecule has 0 radical (unpaired) electrons. The largest absolute Gasteiger partial charge is 0.362 e. The lowest BCUT2D eigenvalue weighted by Crippen LogP contribution is -2.10. The second-order valence-corrected chi connectivity index (χ2v) is 6.30. The average molecular weight is 374 g/mol. The molecule has 2 heterocycles. The Kier molecular flexibility index (Phi) is 4.16. The van der Waals surface area contributed by atoms with Crippen molar-refractivity contribution in [3.05, 3.63) is 64.9 Å². The molecule has 4 aromatic rings. The third-order valence-corrected chi connectivity index (χ3v) is 4.55. The maximum atomic E-state index is 13.0. The number of halogens is 3. The number of alkyl halides is 2. The first-order valence-corrected chi connectivity index (χ1v) is 8.36. The Labute approximate surface area is 152 Å². The molecule has 0 aliphatic carbocycles. The molecule has 0 amide bonds. The summed E-state index contributed by atoms with van der Waals surface area (Å²) in [6, 6.07) is 14.8. The molecule has 0 bridgehead atoms. The van der Waals surface area contributed by atoms with E-state index in [1.165, 1.54) is 0 Å². The average Bonchev–Trinajstić information content (AvgIpc) is 3.05. The first kappa shape index (κ1) is 16.7. The summed E-state index contributed by atoms with van der Waals surface area (Å²) in [7, 11) is 0. The van der Waals surface area contributed by atoms with Crippen LogP contribution in [-0.4, -0.2) is 19.8 Å². The zero-order valence-electron chi connectivity index (χ0n) is 13.7. The molecule has 0 aliphatic rings. The van der Waals surface area contributed by atoms with Crippen LogP contribution in [-0.2, 0) is 0 Å². The van der Waals surface area contributed by atoms with E-state index in [1.54, 1.807) is 12.1 Å². The third-order valence-electron chi connectivity index (χ3n) is 4.22. The van der Waals surface area contributed by atoms with Gasteiger partial charge in [0.1, 0.15) is 5.82 Å². The molecule has 1 N–H and O–H groups in total. The van der Waals surface area contributed by atoms with Crippen molar-refractivity contribution >= 4 is 33.8 Å². The van der Waals surface area contributed by atoms with Gasteiger partial charge >= 0.3 is 0 Å². The van der Waals surface area contributed by atoms with Gasteiger partial charge in [0.25, 0.3) is 6.43 Å². The topological polar surface area (TPSA) is 55.1 Å². The fraction of sp³-hybridized carbons (Fsp3) is 0.167. The van der Waals surface area contributed by atoms with Crippen LogP contribution in [0.1, 0.15) is 30.8 Å². The van der Waals surface area contributed by atoms with E-state index in [0.717, 1.165) is 20.9 Å². The van der Waals surface area contributed by atoms with Crippen molar-refractivity contribution in [3.8, 4) is 0 Å². The monoisotopic (exact) mass is 373 g/mol. The van der Waals surface area contributed by atoms with Gasteiger partial charge in [0, 0.05) is 10.4 Å². The Morgan fingerprint density at radius 2 is 1.77 bits per heavy atom. The predicted molar refractivity (Wildman–Crippen MR) is 96.7 cm³/mol. The van der Waals surface area contributed by atoms with Crippen molar-refractivity contribution < 1.29 is 8.78 Å². The van der Waals surface area contributed by atoms with Crippen LogP contribution in [0.15, 0.2) is 48.5 Å². The first-order valence-electron chi connectivity index (χ1n) is 7.99. The first-order chi connectivity index (χ1) is 12.5. The Balaban J connectivity index is 1.70. The maximum Gasteiger partial charge on any atom is 0.299 e. The Morgan fingerprint density at radius 3 is 2.54 bits per heavy atom. The minimum Gasteiger partial charge on any atom is -0.362 e. The Hall–Kier alpha value is -2.80. The van der Waals surface area contributed by atoms with Crippen LogP contribution in [0.25, 0.3) is 16.4 Å². The lowest BCUT2D eigenvalue weighted by molar-refractivity contribution is 0.137. The number of benzene rings is 2. The molecule has 2 aromatic heterocycles. The van der Waals surface area contributed by atoms with Crippen molar-refractivity contribution in [1.29, 1.82) is 0 Å². The number of hydrogen-bond acceptors (Lipinski definition) is 4. The summed E-state index contributed by atoms with van der Waals surface area (Å²) in [4.78, 5) is 0. The third kappa shape index (κ3) is 2.84. The molecular formula is C18H14ClF2N5. The molecule has 2 aromatic carbocycles. The SMILES string of the molecule is CC(Nc1ccc2nnc(C(F)F)n2n1)c1ccc(Cl)c2ccccc12. The van der Waals surface area contributed by atoms with E-state index in [4.69, 9.17) is 11.6 Å². The molecule has 0 saturated heterocycles. The molecule has 8 heteroatoms. The van der Waals surface area contributed by atoms with Gasteiger partial charge in [-0.25, -0.2) is 8.78 Å². The van der Waals surface area contributed by atoms with Crippen LogP contribution < -0.4 is 5.32 Å². The van der Waals surface area contributed by atoms with Crippen LogP contribution in [0.5, 0.6) is 0 Å². The van der Waals surface area contributed by atoms with E-state index >= 15 is 0 Å². The van der Waals surface area contributed by atoms with Gasteiger partial charge in [-0.2, -0.15) is 4.52 Å². The van der Waals surface area contributed by atoms with Gasteiger partial charge in [-0.05, 0) is 36.1 Å². The quantitative estimate of drug-likeness (QED) is 0.544. The van der Waals surface area contributed by atoms with Crippen LogP contribution in [0.2, 0.25) is 5.02 Å². The lowest BCUT2D eigenvalue weighted by Gasteiger charge is -2.17. The lowest BCUT2D eigenvalue weighted by atomic mass is 9.99. The highest BCUT2D eigenvalue weighted by Crippen LogP contribution is 2.31. The Morgan fingerprint density at radius 1 is 1.00 bits per heavy atom. The molecular weight excluding hydrogens is 360 g/mol. The highest BCUT2D eigenvalue weighted by Gasteiger charge is 2.18. The van der Waals surface area contributed by atoms with Gasteiger partial charge in [0.15, 0.2) is 5.65 Å². The van der Waals surface area contributed by atoms with Gasteiger partial charge in [0.05, 0.1) is 6.04 Å². The molecule has 5 nitrogen and oxygen atoms in total. The van der Waals surface area contributed by atoms with Gasteiger partial charge in [-0.1, -0.05) is 41.9 Å². The van der Waals surface area contributed by atoms with Crippen molar-refractivity contribution in [2.24, 2.45) is 0 Å². The van der Waals surface area contributed by atoms with E-state index in [9.17, 15) is 8.78 Å². The fourth-order valence-electron chi connectivity index (χ4n) is 2.98. The second-order valence-electron chi connectivity index (χ2n) is 5.90. The zero-order chi connectivity index (χ0) is 18.3. The number of nitrogens with one attached hydrogen (secondary N) is 1. The molecule has 4 rings (SSSR count). The van der Waals surface area contributed by atoms with E-state index in [-0.39, 0.29) is 11.7 Å². The minimum atomic E-state index is -2.75. The summed E-state index contributed by atoms with van der Waals surface area (Å²) in [5.74, 6) is -0.0287. The maximum absolute atomic E-state index is 13.0. The van der Waals surface area contributed by atoms with Gasteiger partial charge in [-0.15, -0.1) is 15.3 Å². The number of hydrogen-bond donors (Lipinski definition) is 1. The number of nitrogens with zero attached hydrogens (tertiary/aromatic N) is 4. The van der Waals surface area contributed by atoms with Crippen LogP contribution >= 0.6 is 11.6 Å². The number of rotatable bonds is 4. The summed E-state index contributed by atoms with van der Waals surface area (Å²) >= 11 is 6.27. The summed E-state index contributed by atoms with van der Waals surface area (Å²) in [5, 5.41) is 17.3. The van der Waals surface area contributed by atoms with E-state index in [1.807, 2.05) is 43.3 Å². The fourth-order valence-corrected chi connectivity index (χ4v) is 3.21. The van der Waals surface area contributed by atoms with Crippen LogP contribution in [0, 0.1) is 0 Å². The highest BCUT2D eigenvalue weighted by molar-refractivity contribution is 6.35. The van der Waals surface area contributed by atoms with Gasteiger partial charge in [-0.3, -0.25) is 0 Å². The van der Waals surface area contributed by atoms with Gasteiger partial charge in [0.2, 0.25) is 5.82 Å². The van der Waals surface area contributed by atoms with E-state index in [2.05, 4.69) is 20.6 Å². The van der Waals surface area contributed by atoms with Crippen LogP contribution in [0.3, 0.4) is 0 Å². The smallest absolute Gasteiger partial charge is 0.299 e. The number of anilines is 1. The Bertz CT molecular complexity index is 1100. The standard InChI is InChI=1S/C18H14ClF2N5/c1-10(11-6-7-14(19)13-5-3-2-4-12(11)13)22-15-8-9-16-23-24-18(17(20)21)26(16)25-15/h2-10,17H,1H3,(H,22,25). The molecule has 1 atom stereocenters. The van der Waals surface area contributed by atoms with Gasteiger partial charge < -0.3 is 5.32 Å². The highest BCUT2D eigenvalue weighted by atomic mass is 35.5. The van der Waals surface area contributed by atoms with E-state index in [0.29, 0.717) is 10.8 Å². The normalized spacial score (nSPS) is 12.8. The molecule has 0 spiro atoms. The summed E-state index contributed by atoms with van der Waals surface area (Å²) < 4.78 is 27.1. The van der Waals surface area contributed by atoms with Crippen molar-refractivity contribution in [2.45, 2.75) is 19.4 Å². The van der Waals surface area contributed by atoms with Crippen LogP contribution in [0.4, 0.5) is 14.6 Å². The molecule has 0 aliphatic heterocycles. The number of fused-ring (bicyclic) bond motifs is 2. The second kappa shape index (κ2) is 6.49. The minimum absolute atomic E-state index is 0.117. The molecule has 1 unspecified atom stereocenters. The van der Waals surface area contributed by atoms with E-state index < -0.39 is 12.2 Å². The number of aromatic nitrogens is 4. The molecule has 26 heavy (non-hydrogen) atoms. The van der Waals surface area contributed by atoms with Crippen molar-refractivity contribution in [3.63, 3.8) is 0 Å². The van der Waals surface area contributed by atoms with Crippen molar-refractivity contribution in [2.75, 3.05) is 5.32 Å². The molecule has 132 valence electrons. The zero-order valence-corrected chi connectivity index (χ0v) is 14.5. The molecule has 0 fully saturated rings. The summed E-state index contributed by atoms with van der Waals surface area (Å²) in [5.41, 5.74) is 1.31. The predicted octanol–water partition coefficient (Wildman–Crippen LogP) is 5.04. The van der Waals surface area contributed by atoms with Crippen molar-refractivity contribution in [1.82, 2.24) is 19.8 Å². The summed E-state index contributed by atoms with van der Waals surface area (Å²) in [6.07, 6.45) is -2.75. The molecule has 0 saturated carbocycles.